The van der Waals surface area contributed by atoms with E-state index in [1.165, 1.54) is 15.6 Å². The molecule has 0 saturated carbocycles. The molecule has 1 aromatic heterocycles. The standard InChI is InChI=1S/C12H12OS/c1-7-4-5-10-8(2)12(9(3)13)14-11(10)6-7/h4-6H,1-3H3. The molecular weight excluding hydrogens is 192 g/mol. The van der Waals surface area contributed by atoms with Crippen LogP contribution in [0.15, 0.2) is 18.2 Å². The van der Waals surface area contributed by atoms with E-state index < -0.39 is 0 Å². The lowest BCUT2D eigenvalue weighted by atomic mass is 10.1. The van der Waals surface area contributed by atoms with E-state index in [1.54, 1.807) is 18.3 Å². The van der Waals surface area contributed by atoms with Gasteiger partial charge in [0.25, 0.3) is 0 Å². The summed E-state index contributed by atoms with van der Waals surface area (Å²) in [6.07, 6.45) is 0. The van der Waals surface area contributed by atoms with Crippen molar-refractivity contribution in [3.63, 3.8) is 0 Å². The highest BCUT2D eigenvalue weighted by atomic mass is 32.1. The Balaban J connectivity index is 2.79. The fraction of sp³-hybridized carbons (Fsp3) is 0.250. The molecule has 1 nitrogen and oxygen atoms in total. The van der Waals surface area contributed by atoms with Gasteiger partial charge in [0, 0.05) is 4.70 Å². The highest BCUT2D eigenvalue weighted by Crippen LogP contribution is 2.31. The summed E-state index contributed by atoms with van der Waals surface area (Å²) in [4.78, 5) is 12.2. The van der Waals surface area contributed by atoms with Crippen molar-refractivity contribution in [2.75, 3.05) is 0 Å². The van der Waals surface area contributed by atoms with E-state index in [1.807, 2.05) is 6.92 Å². The van der Waals surface area contributed by atoms with E-state index >= 15 is 0 Å². The van der Waals surface area contributed by atoms with E-state index in [2.05, 4.69) is 25.1 Å². The Kier molecular flexibility index (Phi) is 2.16. The first-order chi connectivity index (χ1) is 6.59. The number of ketones is 1. The topological polar surface area (TPSA) is 17.1 Å². The van der Waals surface area contributed by atoms with Crippen molar-refractivity contribution < 1.29 is 4.79 Å². The zero-order chi connectivity index (χ0) is 10.3. The second-order valence-corrected chi connectivity index (χ2v) is 4.66. The monoisotopic (exact) mass is 204 g/mol. The molecule has 0 N–H and O–H groups in total. The first-order valence-corrected chi connectivity index (χ1v) is 5.42. The molecule has 0 bridgehead atoms. The van der Waals surface area contributed by atoms with Gasteiger partial charge in [-0.3, -0.25) is 4.79 Å². The van der Waals surface area contributed by atoms with Crippen LogP contribution in [-0.4, -0.2) is 5.78 Å². The quantitative estimate of drug-likeness (QED) is 0.647. The van der Waals surface area contributed by atoms with Gasteiger partial charge in [0.2, 0.25) is 0 Å². The predicted molar refractivity (Wildman–Crippen MR) is 61.3 cm³/mol. The molecule has 2 heteroatoms. The highest BCUT2D eigenvalue weighted by molar-refractivity contribution is 7.21. The number of rotatable bonds is 1. The molecule has 0 amide bonds. The van der Waals surface area contributed by atoms with E-state index in [4.69, 9.17) is 0 Å². The third-order valence-electron chi connectivity index (χ3n) is 2.41. The van der Waals surface area contributed by atoms with Crippen molar-refractivity contribution in [1.82, 2.24) is 0 Å². The molecule has 1 aromatic carbocycles. The number of hydrogen-bond donors (Lipinski definition) is 0. The van der Waals surface area contributed by atoms with Crippen LogP contribution in [-0.2, 0) is 0 Å². The van der Waals surface area contributed by atoms with Gasteiger partial charge in [0.15, 0.2) is 5.78 Å². The van der Waals surface area contributed by atoms with Gasteiger partial charge in [-0.05, 0) is 43.4 Å². The molecule has 0 aliphatic heterocycles. The minimum Gasteiger partial charge on any atom is -0.294 e. The van der Waals surface area contributed by atoms with Crippen molar-refractivity contribution in [1.29, 1.82) is 0 Å². The van der Waals surface area contributed by atoms with Gasteiger partial charge in [-0.1, -0.05) is 12.1 Å². The molecule has 2 aromatic rings. The smallest absolute Gasteiger partial charge is 0.170 e. The molecule has 72 valence electrons. The first-order valence-electron chi connectivity index (χ1n) is 4.60. The fourth-order valence-electron chi connectivity index (χ4n) is 1.67. The van der Waals surface area contributed by atoms with Gasteiger partial charge in [0.05, 0.1) is 4.88 Å². The van der Waals surface area contributed by atoms with Crippen LogP contribution in [0.25, 0.3) is 10.1 Å². The molecule has 0 fully saturated rings. The second kappa shape index (κ2) is 3.21. The van der Waals surface area contributed by atoms with Crippen molar-refractivity contribution >= 4 is 27.2 Å². The number of benzene rings is 1. The Hall–Kier alpha value is -1.15. The second-order valence-electron chi connectivity index (χ2n) is 3.61. The molecule has 14 heavy (non-hydrogen) atoms. The summed E-state index contributed by atoms with van der Waals surface area (Å²) in [7, 11) is 0. The minimum absolute atomic E-state index is 0.168. The van der Waals surface area contributed by atoms with Gasteiger partial charge < -0.3 is 0 Å². The maximum atomic E-state index is 11.3. The van der Waals surface area contributed by atoms with Gasteiger partial charge in [-0.2, -0.15) is 0 Å². The fourth-order valence-corrected chi connectivity index (χ4v) is 2.87. The van der Waals surface area contributed by atoms with Crippen LogP contribution in [0.5, 0.6) is 0 Å². The molecule has 0 aliphatic carbocycles. The van der Waals surface area contributed by atoms with Gasteiger partial charge in [0.1, 0.15) is 0 Å². The SMILES string of the molecule is CC(=O)c1sc2cc(C)ccc2c1C. The van der Waals surface area contributed by atoms with E-state index in [0.717, 1.165) is 10.4 Å². The first kappa shape index (κ1) is 9.41. The Morgan fingerprint density at radius 2 is 2.00 bits per heavy atom. The predicted octanol–water partition coefficient (Wildman–Crippen LogP) is 3.72. The number of Topliss-reactive ketones (excluding diaryl/α,β-unsaturated/α-hetero) is 1. The summed E-state index contributed by atoms with van der Waals surface area (Å²) >= 11 is 1.60. The molecule has 1 heterocycles. The zero-order valence-electron chi connectivity index (χ0n) is 8.55. The summed E-state index contributed by atoms with van der Waals surface area (Å²) in [5.41, 5.74) is 2.37. The molecule has 0 aliphatic rings. The number of carbonyl (C=O) groups excluding carboxylic acids is 1. The zero-order valence-corrected chi connectivity index (χ0v) is 9.37. The summed E-state index contributed by atoms with van der Waals surface area (Å²) < 4.78 is 1.22. The average molecular weight is 204 g/mol. The summed E-state index contributed by atoms with van der Waals surface area (Å²) in [6, 6.07) is 6.33. The van der Waals surface area contributed by atoms with Crippen LogP contribution in [0, 0.1) is 13.8 Å². The Labute approximate surface area is 87.4 Å². The average Bonchev–Trinajstić information content (AvgIpc) is 2.43. The number of aryl methyl sites for hydroxylation is 2. The van der Waals surface area contributed by atoms with Crippen molar-refractivity contribution in [2.45, 2.75) is 20.8 Å². The van der Waals surface area contributed by atoms with Crippen molar-refractivity contribution in [3.8, 4) is 0 Å². The van der Waals surface area contributed by atoms with Crippen LogP contribution in [0.4, 0.5) is 0 Å². The summed E-state index contributed by atoms with van der Waals surface area (Å²) in [5, 5.41) is 1.21. The van der Waals surface area contributed by atoms with E-state index in [0.29, 0.717) is 0 Å². The van der Waals surface area contributed by atoms with Crippen LogP contribution < -0.4 is 0 Å². The highest BCUT2D eigenvalue weighted by Gasteiger charge is 2.11. The van der Waals surface area contributed by atoms with Gasteiger partial charge in [-0.25, -0.2) is 0 Å². The maximum Gasteiger partial charge on any atom is 0.170 e. The molecular formula is C12H12OS. The number of hydrogen-bond acceptors (Lipinski definition) is 2. The number of carbonyl (C=O) groups is 1. The third kappa shape index (κ3) is 1.36. The van der Waals surface area contributed by atoms with Crippen LogP contribution in [0.2, 0.25) is 0 Å². The molecule has 0 saturated heterocycles. The van der Waals surface area contributed by atoms with Gasteiger partial charge >= 0.3 is 0 Å². The largest absolute Gasteiger partial charge is 0.294 e. The Bertz CT molecular complexity index is 508. The lowest BCUT2D eigenvalue weighted by Crippen LogP contribution is -1.88. The molecule has 0 unspecified atom stereocenters. The van der Waals surface area contributed by atoms with Crippen LogP contribution in [0.3, 0.4) is 0 Å². The van der Waals surface area contributed by atoms with Crippen molar-refractivity contribution in [3.05, 3.63) is 34.2 Å². The van der Waals surface area contributed by atoms with Gasteiger partial charge in [-0.15, -0.1) is 11.3 Å². The molecule has 0 spiro atoms. The van der Waals surface area contributed by atoms with E-state index in [9.17, 15) is 4.79 Å². The lowest BCUT2D eigenvalue weighted by molar-refractivity contribution is 0.102. The van der Waals surface area contributed by atoms with Crippen molar-refractivity contribution in [2.24, 2.45) is 0 Å². The molecule has 0 atom stereocenters. The summed E-state index contributed by atoms with van der Waals surface area (Å²) in [6.45, 7) is 5.72. The molecule has 0 radical (unpaired) electrons. The molecule has 2 rings (SSSR count). The Morgan fingerprint density at radius 3 is 2.64 bits per heavy atom. The number of thiophene rings is 1. The Morgan fingerprint density at radius 1 is 1.29 bits per heavy atom. The van der Waals surface area contributed by atoms with E-state index in [-0.39, 0.29) is 5.78 Å². The minimum atomic E-state index is 0.168. The van der Waals surface area contributed by atoms with Crippen LogP contribution >= 0.6 is 11.3 Å². The lowest BCUT2D eigenvalue weighted by Gasteiger charge is -1.93. The maximum absolute atomic E-state index is 11.3. The van der Waals surface area contributed by atoms with Crippen LogP contribution in [0.1, 0.15) is 27.7 Å². The normalized spacial score (nSPS) is 10.8. The summed E-state index contributed by atoms with van der Waals surface area (Å²) in [5.74, 6) is 0.168. The number of fused-ring (bicyclic) bond motifs is 1. The third-order valence-corrected chi connectivity index (χ3v) is 3.77.